The molecule has 0 radical (unpaired) electrons. The van der Waals surface area contributed by atoms with Gasteiger partial charge < -0.3 is 0 Å². The molecule has 1 nitrogen and oxygen atoms in total. The van der Waals surface area contributed by atoms with Crippen LogP contribution in [-0.4, -0.2) is 23.0 Å². The fourth-order valence-electron chi connectivity index (χ4n) is 3.23. The molecule has 1 atom stereocenters. The predicted octanol–water partition coefficient (Wildman–Crippen LogP) is 6.13. The maximum Gasteiger partial charge on any atom is 0.0161 e. The van der Waals surface area contributed by atoms with Gasteiger partial charge in [-0.15, -0.1) is 0 Å². The topological polar surface area (TPSA) is 3.24 Å². The molecule has 0 amide bonds. The lowest BCUT2D eigenvalue weighted by Gasteiger charge is -2.43. The van der Waals surface area contributed by atoms with Crippen molar-refractivity contribution in [1.29, 1.82) is 0 Å². The number of nitrogens with zero attached hydrogens (tertiary/aromatic N) is 1. The van der Waals surface area contributed by atoms with Crippen molar-refractivity contribution in [2.75, 3.05) is 6.54 Å². The molecule has 0 saturated carbocycles. The van der Waals surface area contributed by atoms with E-state index in [0.29, 0.717) is 11.0 Å². The van der Waals surface area contributed by atoms with Crippen LogP contribution in [0.2, 0.25) is 0 Å². The Morgan fingerprint density at radius 2 is 1.47 bits per heavy atom. The van der Waals surface area contributed by atoms with Crippen molar-refractivity contribution in [2.24, 2.45) is 5.41 Å². The van der Waals surface area contributed by atoms with Gasteiger partial charge in [-0.25, -0.2) is 0 Å². The molecule has 1 aliphatic heterocycles. The van der Waals surface area contributed by atoms with Crippen molar-refractivity contribution in [3.63, 3.8) is 0 Å². The van der Waals surface area contributed by atoms with Gasteiger partial charge in [0.25, 0.3) is 0 Å². The summed E-state index contributed by atoms with van der Waals surface area (Å²) in [5.41, 5.74) is 0.848. The molecule has 0 aromatic heterocycles. The van der Waals surface area contributed by atoms with E-state index in [2.05, 4.69) is 46.4 Å². The maximum absolute atomic E-state index is 2.71. The van der Waals surface area contributed by atoms with Crippen molar-refractivity contribution in [3.05, 3.63) is 0 Å². The quantitative estimate of drug-likeness (QED) is 0.594. The molecule has 1 saturated heterocycles. The molecule has 0 N–H and O–H groups in total. The highest BCUT2D eigenvalue weighted by molar-refractivity contribution is 4.92. The van der Waals surface area contributed by atoms with E-state index in [4.69, 9.17) is 0 Å². The summed E-state index contributed by atoms with van der Waals surface area (Å²) < 4.78 is 0. The monoisotopic (exact) mass is 271 g/mol. The third kappa shape index (κ3) is 7.34. The van der Waals surface area contributed by atoms with Gasteiger partial charge in [0.05, 0.1) is 0 Å². The molecule has 0 aromatic rings. The van der Waals surface area contributed by atoms with E-state index in [1.807, 2.05) is 27.7 Å². The zero-order valence-corrected chi connectivity index (χ0v) is 15.6. The summed E-state index contributed by atoms with van der Waals surface area (Å²) in [7, 11) is 0. The first-order valence-electron chi connectivity index (χ1n) is 8.55. The Morgan fingerprint density at radius 3 is 1.79 bits per heavy atom. The zero-order valence-electron chi connectivity index (χ0n) is 15.6. The van der Waals surface area contributed by atoms with Crippen molar-refractivity contribution >= 4 is 0 Å². The predicted molar refractivity (Wildman–Crippen MR) is 90.9 cm³/mol. The number of hydrogen-bond donors (Lipinski definition) is 0. The van der Waals surface area contributed by atoms with Crippen molar-refractivity contribution in [2.45, 2.75) is 107 Å². The number of hydrogen-bond acceptors (Lipinski definition) is 1. The van der Waals surface area contributed by atoms with Gasteiger partial charge in [0.1, 0.15) is 0 Å². The molecule has 1 rings (SSSR count). The largest absolute Gasteiger partial charge is 0.296 e. The molecule has 0 aromatic carbocycles. The van der Waals surface area contributed by atoms with E-state index < -0.39 is 0 Å². The minimum atomic E-state index is 0.370. The molecular weight excluding hydrogens is 230 g/mol. The first-order chi connectivity index (χ1) is 8.78. The van der Waals surface area contributed by atoms with Crippen LogP contribution in [0.5, 0.6) is 0 Å². The fraction of sp³-hybridized carbons (Fsp3) is 1.00. The zero-order chi connectivity index (χ0) is 15.7. The Bertz CT molecular complexity index is 206. The molecule has 1 heteroatoms. The van der Waals surface area contributed by atoms with Crippen LogP contribution in [0.4, 0.5) is 0 Å². The highest BCUT2D eigenvalue weighted by Crippen LogP contribution is 2.37. The summed E-state index contributed by atoms with van der Waals surface area (Å²) in [5, 5.41) is 0. The summed E-state index contributed by atoms with van der Waals surface area (Å²) in [4.78, 5) is 2.71. The van der Waals surface area contributed by atoms with Crippen LogP contribution in [-0.2, 0) is 0 Å². The Hall–Kier alpha value is -0.0400. The van der Waals surface area contributed by atoms with Gasteiger partial charge in [-0.05, 0) is 52.0 Å². The molecule has 0 spiro atoms. The Kier molecular flexibility index (Phi) is 11.0. The van der Waals surface area contributed by atoms with Crippen LogP contribution < -0.4 is 0 Å². The SMILES string of the molecule is CC.CC.CCC(C)(C)CC(C)(C)N1CCC[C@@H]1C. The second-order valence-electron chi connectivity index (χ2n) is 6.69. The van der Waals surface area contributed by atoms with Gasteiger partial charge in [-0.2, -0.15) is 0 Å². The minimum absolute atomic E-state index is 0.370. The second-order valence-corrected chi connectivity index (χ2v) is 6.69. The van der Waals surface area contributed by atoms with E-state index in [0.717, 1.165) is 6.04 Å². The van der Waals surface area contributed by atoms with E-state index in [9.17, 15) is 0 Å². The van der Waals surface area contributed by atoms with Crippen molar-refractivity contribution in [3.8, 4) is 0 Å². The first kappa shape index (κ1) is 21.3. The normalized spacial score (nSPS) is 20.2. The van der Waals surface area contributed by atoms with Crippen LogP contribution in [0.25, 0.3) is 0 Å². The van der Waals surface area contributed by atoms with Crippen LogP contribution in [0.1, 0.15) is 94.9 Å². The Labute approximate surface area is 124 Å². The van der Waals surface area contributed by atoms with E-state index in [1.165, 1.54) is 32.2 Å². The molecule has 1 fully saturated rings. The van der Waals surface area contributed by atoms with E-state index in [1.54, 1.807) is 0 Å². The van der Waals surface area contributed by atoms with Crippen molar-refractivity contribution in [1.82, 2.24) is 4.90 Å². The van der Waals surface area contributed by atoms with Gasteiger partial charge >= 0.3 is 0 Å². The number of rotatable bonds is 4. The van der Waals surface area contributed by atoms with E-state index >= 15 is 0 Å². The third-order valence-electron chi connectivity index (χ3n) is 4.20. The van der Waals surface area contributed by atoms with Crippen LogP contribution in [0.15, 0.2) is 0 Å². The first-order valence-corrected chi connectivity index (χ1v) is 8.55. The smallest absolute Gasteiger partial charge is 0.0161 e. The van der Waals surface area contributed by atoms with Gasteiger partial charge in [0.15, 0.2) is 0 Å². The maximum atomic E-state index is 2.71. The lowest BCUT2D eigenvalue weighted by atomic mass is 9.77. The summed E-state index contributed by atoms with van der Waals surface area (Å²) in [6, 6.07) is 0.785. The molecule has 0 aliphatic carbocycles. The van der Waals surface area contributed by atoms with Gasteiger partial charge in [-0.3, -0.25) is 4.90 Å². The average Bonchev–Trinajstić information content (AvgIpc) is 2.80. The van der Waals surface area contributed by atoms with E-state index in [-0.39, 0.29) is 0 Å². The third-order valence-corrected chi connectivity index (χ3v) is 4.20. The standard InChI is InChI=1S/C14H29N.2C2H6/c1-7-13(3,4)11-14(5,6)15-10-8-9-12(15)2;2*1-2/h12H,7-11H2,1-6H3;2*1-2H3/t12-;;/m0../s1. The molecule has 0 unspecified atom stereocenters. The van der Waals surface area contributed by atoms with Crippen LogP contribution >= 0.6 is 0 Å². The van der Waals surface area contributed by atoms with Gasteiger partial charge in [0, 0.05) is 11.6 Å². The van der Waals surface area contributed by atoms with Gasteiger partial charge in [0.2, 0.25) is 0 Å². The van der Waals surface area contributed by atoms with Crippen LogP contribution in [0, 0.1) is 5.41 Å². The van der Waals surface area contributed by atoms with Gasteiger partial charge in [-0.1, -0.05) is 54.9 Å². The van der Waals surface area contributed by atoms with Crippen molar-refractivity contribution < 1.29 is 0 Å². The molecular formula is C18H41N. The molecule has 19 heavy (non-hydrogen) atoms. The highest BCUT2D eigenvalue weighted by atomic mass is 15.2. The number of likely N-dealkylation sites (tertiary alicyclic amines) is 1. The molecule has 118 valence electrons. The minimum Gasteiger partial charge on any atom is -0.296 e. The summed E-state index contributed by atoms with van der Waals surface area (Å²) in [6.45, 7) is 23.6. The molecule has 1 heterocycles. The Morgan fingerprint density at radius 1 is 1.00 bits per heavy atom. The Balaban J connectivity index is 0. The second kappa shape index (κ2) is 9.80. The lowest BCUT2D eigenvalue weighted by molar-refractivity contribution is 0.0649. The lowest BCUT2D eigenvalue weighted by Crippen LogP contribution is -2.48. The van der Waals surface area contributed by atoms with Crippen LogP contribution in [0.3, 0.4) is 0 Å². The summed E-state index contributed by atoms with van der Waals surface area (Å²) in [5.74, 6) is 0. The summed E-state index contributed by atoms with van der Waals surface area (Å²) >= 11 is 0. The summed E-state index contributed by atoms with van der Waals surface area (Å²) in [6.07, 6.45) is 5.35. The molecule has 0 bridgehead atoms. The highest BCUT2D eigenvalue weighted by Gasteiger charge is 2.37. The average molecular weight is 272 g/mol. The fourth-order valence-corrected chi connectivity index (χ4v) is 3.23. The molecule has 1 aliphatic rings.